The highest BCUT2D eigenvalue weighted by Crippen LogP contribution is 2.29. The van der Waals surface area contributed by atoms with Gasteiger partial charge in [0, 0.05) is 0 Å². The van der Waals surface area contributed by atoms with Crippen molar-refractivity contribution in [3.63, 3.8) is 0 Å². The van der Waals surface area contributed by atoms with Crippen molar-refractivity contribution in [2.24, 2.45) is 0 Å². The third-order valence-electron chi connectivity index (χ3n) is 3.07. The maximum Gasteiger partial charge on any atom is 0.352 e. The zero-order chi connectivity index (χ0) is 14.1. The summed E-state index contributed by atoms with van der Waals surface area (Å²) in [6.45, 7) is 0. The molecule has 1 aromatic heterocycles. The summed E-state index contributed by atoms with van der Waals surface area (Å²) in [5.74, 6) is 0.0674. The molecule has 2 N–H and O–H groups in total. The number of allylic oxidation sites excluding steroid dienone is 1. The van der Waals surface area contributed by atoms with Crippen molar-refractivity contribution in [1.82, 2.24) is 14.8 Å². The van der Waals surface area contributed by atoms with E-state index in [2.05, 4.69) is 15.4 Å². The van der Waals surface area contributed by atoms with E-state index in [-0.39, 0.29) is 11.7 Å². The summed E-state index contributed by atoms with van der Waals surface area (Å²) in [6, 6.07) is 7.07. The summed E-state index contributed by atoms with van der Waals surface area (Å²) < 4.78 is 6.82. The maximum atomic E-state index is 11.2. The lowest BCUT2D eigenvalue weighted by Crippen LogP contribution is -2.24. The van der Waals surface area contributed by atoms with Crippen molar-refractivity contribution in [3.05, 3.63) is 47.9 Å². The Morgan fingerprint density at radius 1 is 1.50 bits per heavy atom. The van der Waals surface area contributed by atoms with Crippen LogP contribution in [0.1, 0.15) is 11.6 Å². The van der Waals surface area contributed by atoms with Crippen LogP contribution in [0, 0.1) is 0 Å². The molecule has 0 fully saturated rings. The molecule has 0 saturated heterocycles. The van der Waals surface area contributed by atoms with Gasteiger partial charge in [-0.15, -0.1) is 0 Å². The molecule has 7 nitrogen and oxygen atoms in total. The van der Waals surface area contributed by atoms with E-state index in [4.69, 9.17) is 9.84 Å². The number of aliphatic carboxylic acids is 1. The summed E-state index contributed by atoms with van der Waals surface area (Å²) >= 11 is 0. The van der Waals surface area contributed by atoms with E-state index in [1.807, 2.05) is 24.3 Å². The lowest BCUT2D eigenvalue weighted by Gasteiger charge is -2.22. The van der Waals surface area contributed by atoms with E-state index in [0.29, 0.717) is 11.7 Å². The maximum absolute atomic E-state index is 11.2. The zero-order valence-electron chi connectivity index (χ0n) is 10.6. The van der Waals surface area contributed by atoms with Crippen LogP contribution in [0.5, 0.6) is 5.75 Å². The van der Waals surface area contributed by atoms with Crippen molar-refractivity contribution in [3.8, 4) is 5.75 Å². The van der Waals surface area contributed by atoms with Crippen LogP contribution in [0.3, 0.4) is 0 Å². The van der Waals surface area contributed by atoms with Crippen LogP contribution >= 0.6 is 0 Å². The van der Waals surface area contributed by atoms with E-state index in [1.54, 1.807) is 17.9 Å². The van der Waals surface area contributed by atoms with Gasteiger partial charge in [0.15, 0.2) is 0 Å². The Kier molecular flexibility index (Phi) is 2.86. The molecule has 0 spiro atoms. The third kappa shape index (κ3) is 1.99. The van der Waals surface area contributed by atoms with Crippen LogP contribution in [-0.4, -0.2) is 33.0 Å². The number of aromatic nitrogens is 3. The number of nitrogens with zero attached hydrogens (tertiary/aromatic N) is 3. The molecule has 102 valence electrons. The van der Waals surface area contributed by atoms with E-state index in [1.165, 1.54) is 6.33 Å². The Labute approximate surface area is 114 Å². The first-order valence-corrected chi connectivity index (χ1v) is 5.94. The fourth-order valence-corrected chi connectivity index (χ4v) is 2.12. The van der Waals surface area contributed by atoms with Crippen molar-refractivity contribution in [2.45, 2.75) is 6.04 Å². The van der Waals surface area contributed by atoms with Gasteiger partial charge >= 0.3 is 5.97 Å². The van der Waals surface area contributed by atoms with E-state index in [9.17, 15) is 4.79 Å². The number of hydrogen-bond acceptors (Lipinski definition) is 5. The number of carboxylic acid groups (broad SMARTS) is 1. The monoisotopic (exact) mass is 272 g/mol. The molecule has 0 radical (unpaired) electrons. The molecule has 1 aromatic carbocycles. The Morgan fingerprint density at radius 2 is 2.35 bits per heavy atom. The standard InChI is InChI=1S/C13H12N4O3/c1-20-9-4-2-3-8(5-9)11-6-10(12(18)19)16-13-14-7-15-17(11)13/h2-7,11H,1H3,(H,18,19)(H,14,15,16)/t11-/m1/s1. The number of ether oxygens (including phenoxy) is 1. The van der Waals surface area contributed by atoms with Crippen LogP contribution in [0.25, 0.3) is 0 Å². The zero-order valence-corrected chi connectivity index (χ0v) is 10.6. The summed E-state index contributed by atoms with van der Waals surface area (Å²) in [6.07, 6.45) is 2.98. The molecule has 0 saturated carbocycles. The lowest BCUT2D eigenvalue weighted by atomic mass is 10.0. The number of rotatable bonds is 3. The van der Waals surface area contributed by atoms with Crippen molar-refractivity contribution < 1.29 is 14.6 Å². The molecule has 0 amide bonds. The Hall–Kier alpha value is -2.83. The molecule has 1 aliphatic rings. The molecule has 0 aliphatic carbocycles. The van der Waals surface area contributed by atoms with Gasteiger partial charge in [0.05, 0.1) is 7.11 Å². The average molecular weight is 272 g/mol. The SMILES string of the molecule is COc1cccc([C@H]2C=C(C(=O)O)Nc3ncnn32)c1. The summed E-state index contributed by atoms with van der Waals surface area (Å²) in [7, 11) is 1.58. The molecule has 20 heavy (non-hydrogen) atoms. The molecular weight excluding hydrogens is 260 g/mol. The van der Waals surface area contributed by atoms with Gasteiger partial charge in [0.2, 0.25) is 5.95 Å². The van der Waals surface area contributed by atoms with Crippen molar-refractivity contribution in [2.75, 3.05) is 12.4 Å². The number of fused-ring (bicyclic) bond motifs is 1. The first-order valence-electron chi connectivity index (χ1n) is 5.94. The van der Waals surface area contributed by atoms with Crippen LogP contribution in [0.15, 0.2) is 42.4 Å². The van der Waals surface area contributed by atoms with Crippen molar-refractivity contribution in [1.29, 1.82) is 0 Å². The first kappa shape index (κ1) is 12.2. The van der Waals surface area contributed by atoms with Crippen LogP contribution in [0.2, 0.25) is 0 Å². The van der Waals surface area contributed by atoms with Gasteiger partial charge in [0.25, 0.3) is 0 Å². The van der Waals surface area contributed by atoms with Gasteiger partial charge in [-0.1, -0.05) is 12.1 Å². The van der Waals surface area contributed by atoms with Crippen molar-refractivity contribution >= 4 is 11.9 Å². The fraction of sp³-hybridized carbons (Fsp3) is 0.154. The second-order valence-electron chi connectivity index (χ2n) is 4.26. The second kappa shape index (κ2) is 4.69. The van der Waals surface area contributed by atoms with Crippen LogP contribution < -0.4 is 10.1 Å². The van der Waals surface area contributed by atoms with Crippen LogP contribution in [0.4, 0.5) is 5.95 Å². The highest BCUT2D eigenvalue weighted by Gasteiger charge is 2.25. The summed E-state index contributed by atoms with van der Waals surface area (Å²) in [5.41, 5.74) is 0.953. The highest BCUT2D eigenvalue weighted by molar-refractivity contribution is 5.90. The predicted molar refractivity (Wildman–Crippen MR) is 70.5 cm³/mol. The first-order chi connectivity index (χ1) is 9.69. The number of methoxy groups -OCH3 is 1. The molecule has 7 heteroatoms. The normalized spacial score (nSPS) is 16.9. The minimum atomic E-state index is -1.04. The van der Waals surface area contributed by atoms with Gasteiger partial charge in [-0.05, 0) is 23.8 Å². The lowest BCUT2D eigenvalue weighted by molar-refractivity contribution is -0.132. The molecule has 2 aromatic rings. The smallest absolute Gasteiger partial charge is 0.352 e. The second-order valence-corrected chi connectivity index (χ2v) is 4.26. The Morgan fingerprint density at radius 3 is 3.10 bits per heavy atom. The van der Waals surface area contributed by atoms with E-state index >= 15 is 0 Å². The number of carboxylic acids is 1. The molecule has 0 unspecified atom stereocenters. The largest absolute Gasteiger partial charge is 0.497 e. The molecular formula is C13H12N4O3. The number of hydrogen-bond donors (Lipinski definition) is 2. The van der Waals surface area contributed by atoms with Gasteiger partial charge in [-0.3, -0.25) is 0 Å². The van der Waals surface area contributed by atoms with Crippen LogP contribution in [-0.2, 0) is 4.79 Å². The Balaban J connectivity index is 2.09. The molecule has 0 bridgehead atoms. The topological polar surface area (TPSA) is 89.3 Å². The quantitative estimate of drug-likeness (QED) is 0.874. The number of anilines is 1. The minimum Gasteiger partial charge on any atom is -0.497 e. The Bertz CT molecular complexity index is 692. The molecule has 1 aliphatic heterocycles. The molecule has 2 heterocycles. The van der Waals surface area contributed by atoms with E-state index in [0.717, 1.165) is 5.56 Å². The highest BCUT2D eigenvalue weighted by atomic mass is 16.5. The number of benzene rings is 1. The number of carbonyl (C=O) groups is 1. The fourth-order valence-electron chi connectivity index (χ4n) is 2.12. The molecule has 3 rings (SSSR count). The van der Waals surface area contributed by atoms with Gasteiger partial charge < -0.3 is 15.2 Å². The average Bonchev–Trinajstić information content (AvgIpc) is 2.94. The van der Waals surface area contributed by atoms with Gasteiger partial charge in [-0.25, -0.2) is 9.48 Å². The summed E-state index contributed by atoms with van der Waals surface area (Å²) in [5, 5.41) is 16.0. The van der Waals surface area contributed by atoms with Gasteiger partial charge in [0.1, 0.15) is 23.8 Å². The number of nitrogens with one attached hydrogen (secondary N) is 1. The summed E-state index contributed by atoms with van der Waals surface area (Å²) in [4.78, 5) is 15.2. The minimum absolute atomic E-state index is 0.0818. The predicted octanol–water partition coefficient (Wildman–Crippen LogP) is 1.27. The van der Waals surface area contributed by atoms with Gasteiger partial charge in [-0.2, -0.15) is 10.1 Å². The molecule has 1 atom stereocenters. The van der Waals surface area contributed by atoms with E-state index < -0.39 is 5.97 Å². The third-order valence-corrected chi connectivity index (χ3v) is 3.07.